The Morgan fingerprint density at radius 3 is 2.50 bits per heavy atom. The third kappa shape index (κ3) is 5.43. The zero-order valence-electron chi connectivity index (χ0n) is 14.8. The molecule has 0 saturated heterocycles. The second-order valence-corrected chi connectivity index (χ2v) is 7.77. The molecule has 2 aromatic rings. The Bertz CT molecular complexity index is 724. The zero-order chi connectivity index (χ0) is 18.7. The van der Waals surface area contributed by atoms with E-state index in [0.29, 0.717) is 12.5 Å². The normalized spacial score (nSPS) is 14.8. The summed E-state index contributed by atoms with van der Waals surface area (Å²) in [5.41, 5.74) is 1.67. The van der Waals surface area contributed by atoms with Gasteiger partial charge in [0.1, 0.15) is 5.75 Å². The molecule has 1 heterocycles. The quantitative estimate of drug-likeness (QED) is 0.690. The molecule has 1 aliphatic carbocycles. The predicted molar refractivity (Wildman–Crippen MR) is 96.5 cm³/mol. The minimum atomic E-state index is -4.68. The molecule has 142 valence electrons. The van der Waals surface area contributed by atoms with Gasteiger partial charge < -0.3 is 15.0 Å². The number of likely N-dealkylation sites (N-methyl/N-ethyl adjacent to an activating group) is 1. The number of thiazole rings is 1. The fraction of sp³-hybridized carbons (Fsp3) is 0.500. The lowest BCUT2D eigenvalue weighted by Crippen LogP contribution is -2.26. The van der Waals surface area contributed by atoms with E-state index >= 15 is 0 Å². The van der Waals surface area contributed by atoms with Crippen molar-refractivity contribution < 1.29 is 17.9 Å². The van der Waals surface area contributed by atoms with E-state index in [1.54, 1.807) is 23.5 Å². The standard InChI is InChI=1S/C18H22F3N3OS/c1-24(2)10-9-22-11-15-16(23-17(26-15)13-3-4-13)12-5-7-14(8-6-12)25-18(19,20)21/h5-8,13,22H,3-4,9-11H2,1-2H3. The van der Waals surface area contributed by atoms with Gasteiger partial charge in [0.05, 0.1) is 10.7 Å². The summed E-state index contributed by atoms with van der Waals surface area (Å²) < 4.78 is 40.9. The average Bonchev–Trinajstić information content (AvgIpc) is 3.31. The molecule has 8 heteroatoms. The van der Waals surface area contributed by atoms with Crippen LogP contribution in [-0.2, 0) is 6.54 Å². The lowest BCUT2D eigenvalue weighted by Gasteiger charge is -2.11. The predicted octanol–water partition coefficient (Wildman–Crippen LogP) is 4.24. The fourth-order valence-electron chi connectivity index (χ4n) is 2.54. The van der Waals surface area contributed by atoms with Crippen LogP contribution in [0.25, 0.3) is 11.3 Å². The largest absolute Gasteiger partial charge is 0.573 e. The van der Waals surface area contributed by atoms with Crippen molar-refractivity contribution in [3.8, 4) is 17.0 Å². The molecular weight excluding hydrogens is 363 g/mol. The number of aromatic nitrogens is 1. The number of rotatable bonds is 8. The molecule has 1 saturated carbocycles. The second-order valence-electron chi connectivity index (χ2n) is 6.65. The Balaban J connectivity index is 1.74. The number of hydrogen-bond acceptors (Lipinski definition) is 5. The Morgan fingerprint density at radius 1 is 1.23 bits per heavy atom. The van der Waals surface area contributed by atoms with Crippen molar-refractivity contribution in [2.75, 3.05) is 27.2 Å². The number of nitrogens with zero attached hydrogens (tertiary/aromatic N) is 2. The molecule has 1 N–H and O–H groups in total. The topological polar surface area (TPSA) is 37.4 Å². The van der Waals surface area contributed by atoms with Crippen molar-refractivity contribution in [2.45, 2.75) is 31.7 Å². The molecule has 0 radical (unpaired) electrons. The minimum absolute atomic E-state index is 0.218. The number of nitrogens with one attached hydrogen (secondary N) is 1. The SMILES string of the molecule is CN(C)CCNCc1sc(C2CC2)nc1-c1ccc(OC(F)(F)F)cc1. The summed E-state index contributed by atoms with van der Waals surface area (Å²) in [6.45, 7) is 2.50. The van der Waals surface area contributed by atoms with Gasteiger partial charge in [-0.3, -0.25) is 0 Å². The minimum Gasteiger partial charge on any atom is -0.406 e. The van der Waals surface area contributed by atoms with E-state index in [2.05, 4.69) is 15.0 Å². The first-order chi connectivity index (χ1) is 12.3. The highest BCUT2D eigenvalue weighted by atomic mass is 32.1. The van der Waals surface area contributed by atoms with E-state index in [-0.39, 0.29) is 5.75 Å². The highest BCUT2D eigenvalue weighted by Gasteiger charge is 2.31. The Morgan fingerprint density at radius 2 is 1.92 bits per heavy atom. The Hall–Kier alpha value is -1.64. The first kappa shape index (κ1) is 19.1. The first-order valence-electron chi connectivity index (χ1n) is 8.53. The number of hydrogen-bond donors (Lipinski definition) is 1. The van der Waals surface area contributed by atoms with E-state index in [1.807, 2.05) is 14.1 Å². The van der Waals surface area contributed by atoms with Crippen LogP contribution in [0.5, 0.6) is 5.75 Å². The summed E-state index contributed by atoms with van der Waals surface area (Å²) >= 11 is 1.70. The summed E-state index contributed by atoms with van der Waals surface area (Å²) in [6, 6.07) is 5.94. The molecule has 0 bridgehead atoms. The van der Waals surface area contributed by atoms with Gasteiger partial charge in [0.15, 0.2) is 0 Å². The summed E-state index contributed by atoms with van der Waals surface area (Å²) in [6.07, 6.45) is -2.35. The second kappa shape index (κ2) is 7.94. The van der Waals surface area contributed by atoms with E-state index in [4.69, 9.17) is 4.98 Å². The molecule has 1 aromatic heterocycles. The van der Waals surface area contributed by atoms with Crippen molar-refractivity contribution in [2.24, 2.45) is 0 Å². The van der Waals surface area contributed by atoms with Crippen LogP contribution in [0.2, 0.25) is 0 Å². The van der Waals surface area contributed by atoms with Gasteiger partial charge in [-0.05, 0) is 51.2 Å². The maximum Gasteiger partial charge on any atom is 0.573 e. The van der Waals surface area contributed by atoms with Gasteiger partial charge in [0.2, 0.25) is 0 Å². The van der Waals surface area contributed by atoms with E-state index in [0.717, 1.165) is 34.2 Å². The number of alkyl halides is 3. The molecule has 3 rings (SSSR count). The molecule has 4 nitrogen and oxygen atoms in total. The molecule has 0 atom stereocenters. The Kier molecular flexibility index (Phi) is 5.84. The van der Waals surface area contributed by atoms with Crippen LogP contribution < -0.4 is 10.1 Å². The maximum atomic E-state index is 12.3. The summed E-state index contributed by atoms with van der Waals surface area (Å²) in [5, 5.41) is 4.54. The van der Waals surface area contributed by atoms with Crippen molar-refractivity contribution >= 4 is 11.3 Å². The highest BCUT2D eigenvalue weighted by Crippen LogP contribution is 2.44. The van der Waals surface area contributed by atoms with E-state index in [1.165, 1.54) is 25.0 Å². The number of benzene rings is 1. The van der Waals surface area contributed by atoms with Gasteiger partial charge in [0.25, 0.3) is 0 Å². The molecule has 26 heavy (non-hydrogen) atoms. The van der Waals surface area contributed by atoms with Crippen molar-refractivity contribution in [3.63, 3.8) is 0 Å². The van der Waals surface area contributed by atoms with E-state index in [9.17, 15) is 13.2 Å². The summed E-state index contributed by atoms with van der Waals surface area (Å²) in [4.78, 5) is 7.99. The number of ether oxygens (including phenoxy) is 1. The lowest BCUT2D eigenvalue weighted by molar-refractivity contribution is -0.274. The monoisotopic (exact) mass is 385 g/mol. The van der Waals surface area contributed by atoms with Crippen LogP contribution in [0.3, 0.4) is 0 Å². The van der Waals surface area contributed by atoms with Crippen LogP contribution in [0.4, 0.5) is 13.2 Å². The fourth-order valence-corrected chi connectivity index (χ4v) is 3.77. The van der Waals surface area contributed by atoms with Crippen LogP contribution in [0, 0.1) is 0 Å². The number of halogens is 3. The highest BCUT2D eigenvalue weighted by molar-refractivity contribution is 7.12. The van der Waals surface area contributed by atoms with Gasteiger partial charge in [-0.25, -0.2) is 4.98 Å². The smallest absolute Gasteiger partial charge is 0.406 e. The van der Waals surface area contributed by atoms with Crippen molar-refractivity contribution in [1.29, 1.82) is 0 Å². The average molecular weight is 385 g/mol. The first-order valence-corrected chi connectivity index (χ1v) is 9.35. The molecule has 1 aromatic carbocycles. The van der Waals surface area contributed by atoms with Crippen LogP contribution in [-0.4, -0.2) is 43.4 Å². The molecule has 1 aliphatic rings. The van der Waals surface area contributed by atoms with Gasteiger partial charge in [-0.2, -0.15) is 0 Å². The van der Waals surface area contributed by atoms with Gasteiger partial charge >= 0.3 is 6.36 Å². The third-order valence-corrected chi connectivity index (χ3v) is 5.24. The molecule has 0 aliphatic heterocycles. The van der Waals surface area contributed by atoms with Gasteiger partial charge in [-0.1, -0.05) is 0 Å². The molecule has 0 spiro atoms. The van der Waals surface area contributed by atoms with Gasteiger partial charge in [0, 0.05) is 36.0 Å². The molecule has 0 unspecified atom stereocenters. The van der Waals surface area contributed by atoms with Crippen LogP contribution in [0.15, 0.2) is 24.3 Å². The van der Waals surface area contributed by atoms with E-state index < -0.39 is 6.36 Å². The molecule has 0 amide bonds. The van der Waals surface area contributed by atoms with Gasteiger partial charge in [-0.15, -0.1) is 24.5 Å². The van der Waals surface area contributed by atoms with Crippen molar-refractivity contribution in [3.05, 3.63) is 34.2 Å². The molecule has 1 fully saturated rings. The molecular formula is C18H22F3N3OS. The van der Waals surface area contributed by atoms with Crippen LogP contribution in [0.1, 0.15) is 28.6 Å². The summed E-state index contributed by atoms with van der Waals surface area (Å²) in [5.74, 6) is 0.326. The van der Waals surface area contributed by atoms with Crippen LogP contribution >= 0.6 is 11.3 Å². The maximum absolute atomic E-state index is 12.3. The van der Waals surface area contributed by atoms with Crippen molar-refractivity contribution in [1.82, 2.24) is 15.2 Å². The third-order valence-electron chi connectivity index (χ3n) is 4.02. The lowest BCUT2D eigenvalue weighted by atomic mass is 10.1. The zero-order valence-corrected chi connectivity index (χ0v) is 15.6. The Labute approximate surface area is 155 Å². The summed E-state index contributed by atoms with van der Waals surface area (Å²) in [7, 11) is 4.05.